The second-order valence-corrected chi connectivity index (χ2v) is 5.31. The summed E-state index contributed by atoms with van der Waals surface area (Å²) in [6.45, 7) is 3.11. The van der Waals surface area contributed by atoms with Gasteiger partial charge in [0.05, 0.1) is 0 Å². The SMILES string of the molecule is CC(NC(=O)C1CCOCC1)c1nc(-c2cccnc2)no1. The Hall–Kier alpha value is -2.28. The van der Waals surface area contributed by atoms with Gasteiger partial charge in [0.15, 0.2) is 0 Å². The molecule has 2 aromatic rings. The minimum atomic E-state index is -0.326. The monoisotopic (exact) mass is 302 g/mol. The third-order valence-electron chi connectivity index (χ3n) is 3.68. The Bertz CT molecular complexity index is 623. The third-order valence-corrected chi connectivity index (χ3v) is 3.68. The highest BCUT2D eigenvalue weighted by molar-refractivity contribution is 5.79. The lowest BCUT2D eigenvalue weighted by Crippen LogP contribution is -2.35. The van der Waals surface area contributed by atoms with Crippen LogP contribution in [0.15, 0.2) is 29.0 Å². The summed E-state index contributed by atoms with van der Waals surface area (Å²) in [5, 5.41) is 6.85. The molecular weight excluding hydrogens is 284 g/mol. The average molecular weight is 302 g/mol. The molecule has 1 saturated heterocycles. The topological polar surface area (TPSA) is 90.1 Å². The molecule has 7 heteroatoms. The number of nitrogens with zero attached hydrogens (tertiary/aromatic N) is 3. The molecule has 7 nitrogen and oxygen atoms in total. The Balaban J connectivity index is 1.64. The van der Waals surface area contributed by atoms with Gasteiger partial charge in [-0.3, -0.25) is 9.78 Å². The van der Waals surface area contributed by atoms with Gasteiger partial charge in [-0.15, -0.1) is 0 Å². The molecule has 0 aliphatic carbocycles. The summed E-state index contributed by atoms with van der Waals surface area (Å²) in [7, 11) is 0. The zero-order chi connectivity index (χ0) is 15.4. The van der Waals surface area contributed by atoms with Gasteiger partial charge in [0, 0.05) is 37.1 Å². The molecule has 3 heterocycles. The molecule has 3 rings (SSSR count). The van der Waals surface area contributed by atoms with Crippen LogP contribution in [0.2, 0.25) is 0 Å². The van der Waals surface area contributed by atoms with Crippen molar-refractivity contribution in [2.45, 2.75) is 25.8 Å². The molecule has 1 unspecified atom stereocenters. The maximum absolute atomic E-state index is 12.2. The van der Waals surface area contributed by atoms with E-state index in [4.69, 9.17) is 9.26 Å². The molecule has 0 spiro atoms. The lowest BCUT2D eigenvalue weighted by atomic mass is 9.99. The number of amides is 1. The van der Waals surface area contributed by atoms with E-state index in [2.05, 4.69) is 20.4 Å². The normalized spacial score (nSPS) is 17.1. The van der Waals surface area contributed by atoms with Crippen molar-refractivity contribution in [1.82, 2.24) is 20.4 Å². The van der Waals surface area contributed by atoms with Gasteiger partial charge >= 0.3 is 0 Å². The molecule has 1 aliphatic rings. The summed E-state index contributed by atoms with van der Waals surface area (Å²) in [6, 6.07) is 3.34. The van der Waals surface area contributed by atoms with Crippen molar-refractivity contribution in [1.29, 1.82) is 0 Å². The minimum Gasteiger partial charge on any atom is -0.381 e. The molecule has 22 heavy (non-hydrogen) atoms. The minimum absolute atomic E-state index is 0.00286. The van der Waals surface area contributed by atoms with Crippen LogP contribution in [-0.4, -0.2) is 34.2 Å². The van der Waals surface area contributed by atoms with Gasteiger partial charge in [-0.05, 0) is 31.9 Å². The van der Waals surface area contributed by atoms with E-state index in [-0.39, 0.29) is 17.9 Å². The van der Waals surface area contributed by atoms with Crippen molar-refractivity contribution in [2.75, 3.05) is 13.2 Å². The maximum atomic E-state index is 12.2. The summed E-state index contributed by atoms with van der Waals surface area (Å²) in [4.78, 5) is 20.5. The van der Waals surface area contributed by atoms with E-state index >= 15 is 0 Å². The number of carbonyl (C=O) groups is 1. The number of nitrogens with one attached hydrogen (secondary N) is 1. The number of pyridine rings is 1. The maximum Gasteiger partial charge on any atom is 0.249 e. The zero-order valence-corrected chi connectivity index (χ0v) is 12.4. The summed E-state index contributed by atoms with van der Waals surface area (Å²) in [5.74, 6) is 0.864. The summed E-state index contributed by atoms with van der Waals surface area (Å²) in [5.41, 5.74) is 0.778. The van der Waals surface area contributed by atoms with E-state index < -0.39 is 0 Å². The van der Waals surface area contributed by atoms with E-state index in [0.717, 1.165) is 18.4 Å². The summed E-state index contributed by atoms with van der Waals surface area (Å²) >= 11 is 0. The fourth-order valence-electron chi connectivity index (χ4n) is 2.38. The first-order chi connectivity index (χ1) is 10.7. The highest BCUT2D eigenvalue weighted by atomic mass is 16.5. The molecule has 1 amide bonds. The fourth-order valence-corrected chi connectivity index (χ4v) is 2.38. The molecule has 116 valence electrons. The quantitative estimate of drug-likeness (QED) is 0.925. The number of hydrogen-bond donors (Lipinski definition) is 1. The van der Waals surface area contributed by atoms with Crippen LogP contribution >= 0.6 is 0 Å². The van der Waals surface area contributed by atoms with Crippen LogP contribution in [0.1, 0.15) is 31.7 Å². The predicted molar refractivity (Wildman–Crippen MR) is 77.6 cm³/mol. The van der Waals surface area contributed by atoms with Gasteiger partial charge in [-0.2, -0.15) is 4.98 Å². The third kappa shape index (κ3) is 3.30. The van der Waals surface area contributed by atoms with E-state index in [9.17, 15) is 4.79 Å². The number of aromatic nitrogens is 3. The van der Waals surface area contributed by atoms with Gasteiger partial charge in [0.2, 0.25) is 17.6 Å². The van der Waals surface area contributed by atoms with E-state index in [1.54, 1.807) is 12.4 Å². The number of rotatable bonds is 4. The second-order valence-electron chi connectivity index (χ2n) is 5.31. The molecule has 0 aromatic carbocycles. The van der Waals surface area contributed by atoms with Gasteiger partial charge in [-0.1, -0.05) is 5.16 Å². The lowest BCUT2D eigenvalue weighted by Gasteiger charge is -2.22. The number of ether oxygens (including phenoxy) is 1. The summed E-state index contributed by atoms with van der Waals surface area (Å²) < 4.78 is 10.5. The lowest BCUT2D eigenvalue weighted by molar-refractivity contribution is -0.128. The zero-order valence-electron chi connectivity index (χ0n) is 12.4. The Morgan fingerprint density at radius 3 is 2.95 bits per heavy atom. The van der Waals surface area contributed by atoms with Crippen molar-refractivity contribution in [3.05, 3.63) is 30.4 Å². The van der Waals surface area contributed by atoms with Crippen molar-refractivity contribution < 1.29 is 14.1 Å². The molecule has 1 fully saturated rings. The number of carbonyl (C=O) groups excluding carboxylic acids is 1. The van der Waals surface area contributed by atoms with Crippen LogP contribution in [0.3, 0.4) is 0 Å². The van der Waals surface area contributed by atoms with Crippen LogP contribution in [0, 0.1) is 5.92 Å². The van der Waals surface area contributed by atoms with Crippen molar-refractivity contribution in [2.24, 2.45) is 5.92 Å². The molecule has 0 radical (unpaired) electrons. The summed E-state index contributed by atoms with van der Waals surface area (Å²) in [6.07, 6.45) is 4.85. The highest BCUT2D eigenvalue weighted by Crippen LogP contribution is 2.19. The van der Waals surface area contributed by atoms with Crippen molar-refractivity contribution >= 4 is 5.91 Å². The Labute approximate surface area is 128 Å². The van der Waals surface area contributed by atoms with E-state index in [0.29, 0.717) is 24.9 Å². The molecule has 2 aromatic heterocycles. The first kappa shape index (κ1) is 14.6. The number of hydrogen-bond acceptors (Lipinski definition) is 6. The van der Waals surface area contributed by atoms with Crippen LogP contribution in [0.5, 0.6) is 0 Å². The Morgan fingerprint density at radius 1 is 1.41 bits per heavy atom. The van der Waals surface area contributed by atoms with E-state index in [1.165, 1.54) is 0 Å². The van der Waals surface area contributed by atoms with Gasteiger partial charge in [0.1, 0.15) is 6.04 Å². The van der Waals surface area contributed by atoms with Crippen LogP contribution in [0.25, 0.3) is 11.4 Å². The largest absolute Gasteiger partial charge is 0.381 e. The average Bonchev–Trinajstić information content (AvgIpc) is 3.06. The smallest absolute Gasteiger partial charge is 0.249 e. The van der Waals surface area contributed by atoms with E-state index in [1.807, 2.05) is 19.1 Å². The molecule has 0 saturated carbocycles. The first-order valence-corrected chi connectivity index (χ1v) is 7.36. The van der Waals surface area contributed by atoms with Gasteiger partial charge in [0.25, 0.3) is 0 Å². The predicted octanol–water partition coefficient (Wildman–Crippen LogP) is 1.74. The van der Waals surface area contributed by atoms with Gasteiger partial charge < -0.3 is 14.6 Å². The molecular formula is C15H18N4O3. The van der Waals surface area contributed by atoms with Crippen LogP contribution in [-0.2, 0) is 9.53 Å². The fraction of sp³-hybridized carbons (Fsp3) is 0.467. The Morgan fingerprint density at radius 2 is 2.23 bits per heavy atom. The van der Waals surface area contributed by atoms with Crippen LogP contribution in [0.4, 0.5) is 0 Å². The molecule has 1 N–H and O–H groups in total. The molecule has 0 bridgehead atoms. The highest BCUT2D eigenvalue weighted by Gasteiger charge is 2.25. The van der Waals surface area contributed by atoms with Crippen molar-refractivity contribution in [3.8, 4) is 11.4 Å². The van der Waals surface area contributed by atoms with Gasteiger partial charge in [-0.25, -0.2) is 0 Å². The molecule has 1 atom stereocenters. The standard InChI is InChI=1S/C15H18N4O3/c1-10(17-14(20)11-4-7-21-8-5-11)15-18-13(19-22-15)12-3-2-6-16-9-12/h2-3,6,9-11H,4-5,7-8H2,1H3,(H,17,20). The Kier molecular flexibility index (Phi) is 4.43. The molecule has 1 aliphatic heterocycles. The van der Waals surface area contributed by atoms with Crippen LogP contribution < -0.4 is 5.32 Å². The van der Waals surface area contributed by atoms with Crippen molar-refractivity contribution in [3.63, 3.8) is 0 Å². The second kappa shape index (κ2) is 6.65. The first-order valence-electron chi connectivity index (χ1n) is 7.36.